The standard InChI is InChI=1S/C24H34F2O2S2/c1-4-12-29-23(30-13-11-25)10-8-18-19-6-5-16-14-17(27)7-9-21(16,2)24(19,26)20(28)15-22(18,23)3/h7,9,14,18-20,28H,4-6,8,10-13,15H2,1-3H3/t18-,19-,20-,21-,22-,23+,24?/m0/s1. The molecule has 0 bridgehead atoms. The molecule has 0 aromatic heterocycles. The molecule has 2 nitrogen and oxygen atoms in total. The van der Waals surface area contributed by atoms with Gasteiger partial charge in [-0.15, -0.1) is 23.5 Å². The average Bonchev–Trinajstić information content (AvgIpc) is 2.99. The lowest BCUT2D eigenvalue weighted by molar-refractivity contribution is -0.189. The monoisotopic (exact) mass is 456 g/mol. The van der Waals surface area contributed by atoms with Crippen LogP contribution in [0.15, 0.2) is 23.8 Å². The summed E-state index contributed by atoms with van der Waals surface area (Å²) >= 11 is 3.61. The number of thioether (sulfide) groups is 2. The number of hydrogen-bond donors (Lipinski definition) is 1. The molecule has 168 valence electrons. The van der Waals surface area contributed by atoms with E-state index in [1.165, 1.54) is 6.08 Å². The van der Waals surface area contributed by atoms with Crippen LogP contribution in [0.1, 0.15) is 59.3 Å². The number of carbonyl (C=O) groups is 1. The van der Waals surface area contributed by atoms with Crippen molar-refractivity contribution in [1.82, 2.24) is 0 Å². The second-order valence-corrected chi connectivity index (χ2v) is 13.0. The molecule has 3 fully saturated rings. The van der Waals surface area contributed by atoms with Gasteiger partial charge in [0.1, 0.15) is 0 Å². The molecule has 1 N–H and O–H groups in total. The van der Waals surface area contributed by atoms with Crippen LogP contribution in [-0.2, 0) is 4.79 Å². The molecular weight excluding hydrogens is 422 g/mol. The second kappa shape index (κ2) is 7.91. The molecule has 4 aliphatic rings. The molecule has 7 atom stereocenters. The molecule has 0 radical (unpaired) electrons. The van der Waals surface area contributed by atoms with Crippen molar-refractivity contribution in [2.45, 2.75) is 75.1 Å². The van der Waals surface area contributed by atoms with Gasteiger partial charge in [0.05, 0.1) is 16.9 Å². The van der Waals surface area contributed by atoms with Crippen LogP contribution in [0.2, 0.25) is 0 Å². The molecule has 0 aliphatic heterocycles. The maximum atomic E-state index is 17.1. The summed E-state index contributed by atoms with van der Waals surface area (Å²) in [5, 5.41) is 11.4. The van der Waals surface area contributed by atoms with Crippen molar-refractivity contribution in [1.29, 1.82) is 0 Å². The first-order valence-electron chi connectivity index (χ1n) is 11.3. The fraction of sp³-hybridized carbons (Fsp3) is 0.792. The second-order valence-electron chi connectivity index (χ2n) is 9.94. The van der Waals surface area contributed by atoms with E-state index in [0.29, 0.717) is 25.0 Å². The lowest BCUT2D eigenvalue weighted by Crippen LogP contribution is -2.67. The van der Waals surface area contributed by atoms with Crippen LogP contribution in [-0.4, -0.2) is 44.9 Å². The lowest BCUT2D eigenvalue weighted by atomic mass is 9.46. The maximum absolute atomic E-state index is 17.1. The molecule has 0 amide bonds. The quantitative estimate of drug-likeness (QED) is 0.505. The molecule has 0 aromatic rings. The molecule has 1 unspecified atom stereocenters. The Morgan fingerprint density at radius 3 is 2.63 bits per heavy atom. The molecular formula is C24H34F2O2S2. The van der Waals surface area contributed by atoms with Gasteiger partial charge in [-0.1, -0.05) is 25.5 Å². The van der Waals surface area contributed by atoms with Gasteiger partial charge in [-0.05, 0) is 74.7 Å². The Morgan fingerprint density at radius 1 is 1.20 bits per heavy atom. The molecule has 4 rings (SSSR count). The van der Waals surface area contributed by atoms with Crippen molar-refractivity contribution >= 4 is 29.3 Å². The zero-order valence-electron chi connectivity index (χ0n) is 18.3. The number of alkyl halides is 2. The summed E-state index contributed by atoms with van der Waals surface area (Å²) in [5.41, 5.74) is -2.11. The summed E-state index contributed by atoms with van der Waals surface area (Å²) in [6, 6.07) is 0. The molecule has 0 aromatic carbocycles. The third kappa shape index (κ3) is 2.95. The van der Waals surface area contributed by atoms with Crippen LogP contribution in [0, 0.1) is 22.7 Å². The van der Waals surface area contributed by atoms with Crippen molar-refractivity contribution in [3.8, 4) is 0 Å². The Bertz CT molecular complexity index is 760. The number of ketones is 1. The summed E-state index contributed by atoms with van der Waals surface area (Å²) in [4.78, 5) is 11.9. The highest BCUT2D eigenvalue weighted by molar-refractivity contribution is 8.18. The van der Waals surface area contributed by atoms with E-state index >= 15 is 4.39 Å². The average molecular weight is 457 g/mol. The largest absolute Gasteiger partial charge is 0.390 e. The van der Waals surface area contributed by atoms with Gasteiger partial charge in [0, 0.05) is 17.1 Å². The predicted octanol–water partition coefficient (Wildman–Crippen LogP) is 5.90. The number of aliphatic hydroxyl groups is 1. The molecule has 0 saturated heterocycles. The number of hydrogen-bond acceptors (Lipinski definition) is 4. The van der Waals surface area contributed by atoms with Crippen molar-refractivity contribution in [3.05, 3.63) is 23.8 Å². The highest BCUT2D eigenvalue weighted by atomic mass is 32.2. The van der Waals surface area contributed by atoms with Crippen molar-refractivity contribution in [3.63, 3.8) is 0 Å². The summed E-state index contributed by atoms with van der Waals surface area (Å²) in [7, 11) is 0. The van der Waals surface area contributed by atoms with Crippen LogP contribution in [0.3, 0.4) is 0 Å². The van der Waals surface area contributed by atoms with Gasteiger partial charge >= 0.3 is 0 Å². The minimum atomic E-state index is -1.77. The van der Waals surface area contributed by atoms with E-state index in [2.05, 4.69) is 13.8 Å². The first-order valence-corrected chi connectivity index (χ1v) is 13.3. The lowest BCUT2D eigenvalue weighted by Gasteiger charge is -2.63. The Hall–Kier alpha value is -0.330. The number of rotatable bonds is 6. The van der Waals surface area contributed by atoms with Gasteiger partial charge in [0.15, 0.2) is 11.5 Å². The Kier molecular flexibility index (Phi) is 6.03. The van der Waals surface area contributed by atoms with Gasteiger partial charge in [-0.2, -0.15) is 0 Å². The van der Waals surface area contributed by atoms with E-state index in [9.17, 15) is 14.3 Å². The predicted molar refractivity (Wildman–Crippen MR) is 122 cm³/mol. The zero-order chi connectivity index (χ0) is 21.8. The fourth-order valence-corrected chi connectivity index (χ4v) is 10.6. The number of halogens is 2. The third-order valence-electron chi connectivity index (χ3n) is 8.64. The number of fused-ring (bicyclic) bond motifs is 5. The van der Waals surface area contributed by atoms with Crippen LogP contribution in [0.4, 0.5) is 8.78 Å². The van der Waals surface area contributed by atoms with Gasteiger partial charge < -0.3 is 5.11 Å². The van der Waals surface area contributed by atoms with E-state index < -0.39 is 17.2 Å². The maximum Gasteiger partial charge on any atom is 0.178 e. The first kappa shape index (κ1) is 22.8. The van der Waals surface area contributed by atoms with E-state index in [-0.39, 0.29) is 33.8 Å². The minimum Gasteiger partial charge on any atom is -0.390 e. The van der Waals surface area contributed by atoms with E-state index in [4.69, 9.17) is 0 Å². The van der Waals surface area contributed by atoms with Crippen molar-refractivity contribution < 1.29 is 18.7 Å². The van der Waals surface area contributed by atoms with E-state index in [1.54, 1.807) is 23.9 Å². The first-order chi connectivity index (χ1) is 14.2. The molecule has 6 heteroatoms. The zero-order valence-corrected chi connectivity index (χ0v) is 19.9. The minimum absolute atomic E-state index is 0.0851. The highest BCUT2D eigenvalue weighted by Crippen LogP contribution is 2.73. The molecule has 30 heavy (non-hydrogen) atoms. The van der Waals surface area contributed by atoms with Gasteiger partial charge in [-0.25, -0.2) is 4.39 Å². The van der Waals surface area contributed by atoms with Gasteiger partial charge in [0.2, 0.25) is 0 Å². The van der Waals surface area contributed by atoms with Crippen LogP contribution in [0.5, 0.6) is 0 Å². The smallest absolute Gasteiger partial charge is 0.178 e. The SMILES string of the molecule is CCCS[C@@]1(SCCF)CC[C@H]2[C@@H]3CCC4=CC(=O)C=C[C@]4(C)C3(F)[C@@H](O)C[C@@]21C. The summed E-state index contributed by atoms with van der Waals surface area (Å²) < 4.78 is 30.1. The molecule has 4 aliphatic carbocycles. The van der Waals surface area contributed by atoms with Gasteiger partial charge in [-0.3, -0.25) is 9.18 Å². The highest BCUT2D eigenvalue weighted by Gasteiger charge is 2.73. The fourth-order valence-electron chi connectivity index (χ4n) is 7.15. The normalized spacial score (nSPS) is 47.5. The molecule has 0 heterocycles. The number of carbonyl (C=O) groups excluding carboxylic acids is 1. The van der Waals surface area contributed by atoms with Gasteiger partial charge in [0.25, 0.3) is 0 Å². The van der Waals surface area contributed by atoms with E-state index in [1.807, 2.05) is 18.7 Å². The third-order valence-corrected chi connectivity index (χ3v) is 12.6. The van der Waals surface area contributed by atoms with Crippen LogP contribution >= 0.6 is 23.5 Å². The summed E-state index contributed by atoms with van der Waals surface area (Å²) in [5.74, 6) is 1.28. The summed E-state index contributed by atoms with van der Waals surface area (Å²) in [6.07, 6.45) is 8.36. The van der Waals surface area contributed by atoms with Crippen molar-refractivity contribution in [2.24, 2.45) is 22.7 Å². The number of aliphatic hydroxyl groups excluding tert-OH is 1. The molecule has 0 spiro atoms. The molecule has 3 saturated carbocycles. The van der Waals surface area contributed by atoms with Crippen molar-refractivity contribution in [2.75, 3.05) is 18.2 Å². The Balaban J connectivity index is 1.74. The van der Waals surface area contributed by atoms with E-state index in [0.717, 1.165) is 30.6 Å². The topological polar surface area (TPSA) is 37.3 Å². The number of allylic oxidation sites excluding steroid dienone is 4. The summed E-state index contributed by atoms with van der Waals surface area (Å²) in [6.45, 7) is 5.90. The van der Waals surface area contributed by atoms with Crippen LogP contribution < -0.4 is 0 Å². The Morgan fingerprint density at radius 2 is 1.93 bits per heavy atom. The van der Waals surface area contributed by atoms with Crippen LogP contribution in [0.25, 0.3) is 0 Å². The Labute approximate surface area is 187 Å².